The molecule has 1 aliphatic rings. The molecule has 1 N–H and O–H groups in total. The predicted octanol–water partition coefficient (Wildman–Crippen LogP) is 2.43. The molecule has 0 bridgehead atoms. The molecule has 0 spiro atoms. The van der Waals surface area contributed by atoms with Crippen LogP contribution >= 0.6 is 0 Å². The average Bonchev–Trinajstić information content (AvgIpc) is 2.65. The zero-order chi connectivity index (χ0) is 13.0. The highest BCUT2D eigenvalue weighted by atomic mass is 15.1. The minimum absolute atomic E-state index is 0.577. The largest absolute Gasteiger partial charge is 0.352 e. The van der Waals surface area contributed by atoms with E-state index in [2.05, 4.69) is 48.2 Å². The Kier molecular flexibility index (Phi) is 4.84. The fourth-order valence-electron chi connectivity index (χ4n) is 2.82. The topological polar surface area (TPSA) is 20.2 Å². The van der Waals surface area contributed by atoms with Crippen molar-refractivity contribution in [1.29, 1.82) is 0 Å². The quantitative estimate of drug-likeness (QED) is 0.809. The summed E-state index contributed by atoms with van der Waals surface area (Å²) >= 11 is 0. The van der Waals surface area contributed by atoms with Crippen molar-refractivity contribution in [3.05, 3.63) is 23.5 Å². The van der Waals surface area contributed by atoms with Crippen LogP contribution in [0.15, 0.2) is 12.4 Å². The van der Waals surface area contributed by atoms with Gasteiger partial charge in [-0.05, 0) is 51.0 Å². The van der Waals surface area contributed by atoms with E-state index in [4.69, 9.17) is 0 Å². The maximum absolute atomic E-state index is 3.64. The van der Waals surface area contributed by atoms with Gasteiger partial charge in [0.25, 0.3) is 0 Å². The van der Waals surface area contributed by atoms with Crippen LogP contribution in [0.1, 0.15) is 43.4 Å². The molecule has 0 aromatic carbocycles. The maximum atomic E-state index is 3.64. The van der Waals surface area contributed by atoms with E-state index < -0.39 is 0 Å². The van der Waals surface area contributed by atoms with Gasteiger partial charge in [0.1, 0.15) is 0 Å². The number of hydrogen-bond donors (Lipinski definition) is 1. The van der Waals surface area contributed by atoms with Gasteiger partial charge in [0.15, 0.2) is 0 Å². The lowest BCUT2D eigenvalue weighted by molar-refractivity contribution is 0.383. The molecule has 1 unspecified atom stereocenters. The molecule has 0 saturated carbocycles. The summed E-state index contributed by atoms with van der Waals surface area (Å²) in [5.74, 6) is 0. The summed E-state index contributed by atoms with van der Waals surface area (Å²) in [6, 6.07) is 0.577. The summed E-state index contributed by atoms with van der Waals surface area (Å²) in [7, 11) is 4.27. The highest BCUT2D eigenvalue weighted by molar-refractivity contribution is 5.29. The number of likely N-dealkylation sites (N-methyl/N-ethyl adjacent to an activating group) is 1. The van der Waals surface area contributed by atoms with Crippen LogP contribution in [0.25, 0.3) is 0 Å². The molecule has 102 valence electrons. The Hall–Kier alpha value is -0.800. The normalized spacial score (nSPS) is 19.9. The Balaban J connectivity index is 2.11. The fourth-order valence-corrected chi connectivity index (χ4v) is 2.82. The fraction of sp³-hybridized carbons (Fsp3) is 0.733. The van der Waals surface area contributed by atoms with Crippen LogP contribution in [0.3, 0.4) is 0 Å². The van der Waals surface area contributed by atoms with E-state index in [1.165, 1.54) is 25.7 Å². The third kappa shape index (κ3) is 3.36. The smallest absolute Gasteiger partial charge is 0.0347 e. The van der Waals surface area contributed by atoms with Gasteiger partial charge in [-0.3, -0.25) is 0 Å². The van der Waals surface area contributed by atoms with Crippen molar-refractivity contribution in [2.24, 2.45) is 0 Å². The molecule has 1 heterocycles. The van der Waals surface area contributed by atoms with Crippen molar-refractivity contribution < 1.29 is 0 Å². The summed E-state index contributed by atoms with van der Waals surface area (Å²) in [6.07, 6.45) is 9.98. The monoisotopic (exact) mass is 249 g/mol. The maximum Gasteiger partial charge on any atom is 0.0347 e. The molecule has 1 aromatic rings. The lowest BCUT2D eigenvalue weighted by Crippen LogP contribution is -2.20. The number of nitrogens with one attached hydrogen (secondary N) is 1. The molecule has 18 heavy (non-hydrogen) atoms. The molecule has 0 aliphatic heterocycles. The molecular formula is C15H27N3. The van der Waals surface area contributed by atoms with Gasteiger partial charge in [0, 0.05) is 31.5 Å². The van der Waals surface area contributed by atoms with Gasteiger partial charge in [-0.25, -0.2) is 0 Å². The number of aromatic nitrogens is 1. The van der Waals surface area contributed by atoms with Gasteiger partial charge >= 0.3 is 0 Å². The number of aryl methyl sites for hydroxylation is 1. The van der Waals surface area contributed by atoms with Gasteiger partial charge in [-0.1, -0.05) is 13.3 Å². The Morgan fingerprint density at radius 3 is 2.89 bits per heavy atom. The molecule has 1 atom stereocenters. The Labute approximate surface area is 111 Å². The van der Waals surface area contributed by atoms with Crippen LogP contribution in [-0.4, -0.2) is 36.7 Å². The zero-order valence-electron chi connectivity index (χ0n) is 12.1. The van der Waals surface area contributed by atoms with Gasteiger partial charge in [0.05, 0.1) is 0 Å². The van der Waals surface area contributed by atoms with E-state index >= 15 is 0 Å². The Morgan fingerprint density at radius 1 is 1.33 bits per heavy atom. The first-order valence-electron chi connectivity index (χ1n) is 7.27. The summed E-state index contributed by atoms with van der Waals surface area (Å²) in [5.41, 5.74) is 3.12. The van der Waals surface area contributed by atoms with Crippen molar-refractivity contribution >= 4 is 0 Å². The third-order valence-corrected chi connectivity index (χ3v) is 3.82. The summed E-state index contributed by atoms with van der Waals surface area (Å²) in [5, 5.41) is 3.64. The molecule has 2 rings (SSSR count). The van der Waals surface area contributed by atoms with Gasteiger partial charge in [0.2, 0.25) is 0 Å². The molecule has 3 heteroatoms. The van der Waals surface area contributed by atoms with Crippen molar-refractivity contribution in [1.82, 2.24) is 14.8 Å². The Bertz CT molecular complexity index is 368. The Morgan fingerprint density at radius 2 is 2.17 bits per heavy atom. The zero-order valence-corrected chi connectivity index (χ0v) is 12.1. The van der Waals surface area contributed by atoms with Crippen LogP contribution in [-0.2, 0) is 13.0 Å². The molecule has 1 aromatic heterocycles. The van der Waals surface area contributed by atoms with Crippen LogP contribution in [0.4, 0.5) is 0 Å². The van der Waals surface area contributed by atoms with E-state index in [1.54, 1.807) is 11.1 Å². The predicted molar refractivity (Wildman–Crippen MR) is 77.0 cm³/mol. The molecule has 0 radical (unpaired) electrons. The highest BCUT2D eigenvalue weighted by Crippen LogP contribution is 2.29. The van der Waals surface area contributed by atoms with Crippen LogP contribution < -0.4 is 5.32 Å². The molecular weight excluding hydrogens is 222 g/mol. The summed E-state index contributed by atoms with van der Waals surface area (Å²) in [4.78, 5) is 2.24. The van der Waals surface area contributed by atoms with Crippen molar-refractivity contribution in [3.8, 4) is 0 Å². The highest BCUT2D eigenvalue weighted by Gasteiger charge is 2.19. The van der Waals surface area contributed by atoms with Gasteiger partial charge in [-0.2, -0.15) is 0 Å². The van der Waals surface area contributed by atoms with Gasteiger partial charge in [-0.15, -0.1) is 0 Å². The number of nitrogens with zero attached hydrogens (tertiary/aromatic N) is 2. The van der Waals surface area contributed by atoms with Crippen LogP contribution in [0.5, 0.6) is 0 Å². The van der Waals surface area contributed by atoms with Crippen molar-refractivity contribution in [3.63, 3.8) is 0 Å². The SMILES string of the molecule is CCNC1CCCCc2cn(CCN(C)C)cc21. The van der Waals surface area contributed by atoms with Crippen molar-refractivity contribution in [2.75, 3.05) is 27.2 Å². The van der Waals surface area contributed by atoms with E-state index in [-0.39, 0.29) is 0 Å². The lowest BCUT2D eigenvalue weighted by atomic mass is 10.0. The standard InChI is InChI=1S/C15H27N3/c1-4-16-15-8-6-5-7-13-11-18(12-14(13)15)10-9-17(2)3/h11-12,15-16H,4-10H2,1-3H3. The number of fused-ring (bicyclic) bond motifs is 1. The number of rotatable bonds is 5. The molecule has 0 saturated heterocycles. The van der Waals surface area contributed by atoms with Crippen LogP contribution in [0.2, 0.25) is 0 Å². The third-order valence-electron chi connectivity index (χ3n) is 3.82. The average molecular weight is 249 g/mol. The minimum atomic E-state index is 0.577. The van der Waals surface area contributed by atoms with E-state index in [0.29, 0.717) is 6.04 Å². The second-order valence-corrected chi connectivity index (χ2v) is 5.64. The minimum Gasteiger partial charge on any atom is -0.352 e. The second kappa shape index (κ2) is 6.39. The van der Waals surface area contributed by atoms with E-state index in [1.807, 2.05) is 0 Å². The van der Waals surface area contributed by atoms with E-state index in [0.717, 1.165) is 19.6 Å². The molecule has 1 aliphatic carbocycles. The molecule has 0 amide bonds. The van der Waals surface area contributed by atoms with Crippen molar-refractivity contribution in [2.45, 2.75) is 45.2 Å². The first-order chi connectivity index (χ1) is 8.70. The first-order valence-corrected chi connectivity index (χ1v) is 7.27. The van der Waals surface area contributed by atoms with E-state index in [9.17, 15) is 0 Å². The summed E-state index contributed by atoms with van der Waals surface area (Å²) in [6.45, 7) is 5.47. The van der Waals surface area contributed by atoms with Gasteiger partial charge < -0.3 is 14.8 Å². The molecule has 0 fully saturated rings. The number of hydrogen-bond acceptors (Lipinski definition) is 2. The molecule has 3 nitrogen and oxygen atoms in total. The first kappa shape index (κ1) is 13.6. The lowest BCUT2D eigenvalue weighted by Gasteiger charge is -2.16. The van der Waals surface area contributed by atoms with Crippen LogP contribution in [0, 0.1) is 0 Å². The summed E-state index contributed by atoms with van der Waals surface area (Å²) < 4.78 is 2.38. The second-order valence-electron chi connectivity index (χ2n) is 5.64.